The summed E-state index contributed by atoms with van der Waals surface area (Å²) < 4.78 is 18.8. The van der Waals surface area contributed by atoms with E-state index in [-0.39, 0.29) is 5.69 Å². The molecule has 0 saturated heterocycles. The molecule has 5 nitrogen and oxygen atoms in total. The zero-order valence-corrected chi connectivity index (χ0v) is 12.6. The summed E-state index contributed by atoms with van der Waals surface area (Å²) in [6, 6.07) is 10.7. The van der Waals surface area contributed by atoms with E-state index in [9.17, 15) is 14.0 Å². The molecule has 0 saturated carbocycles. The molecule has 0 aliphatic carbocycles. The lowest BCUT2D eigenvalue weighted by atomic mass is 10.0. The number of nitrogens with one attached hydrogen (secondary N) is 2. The van der Waals surface area contributed by atoms with E-state index in [2.05, 4.69) is 10.6 Å². The van der Waals surface area contributed by atoms with E-state index in [1.165, 1.54) is 31.2 Å². The number of aryl methyl sites for hydroxylation is 1. The molecule has 0 aromatic heterocycles. The van der Waals surface area contributed by atoms with Crippen LogP contribution in [0.4, 0.5) is 15.8 Å². The predicted octanol–water partition coefficient (Wildman–Crippen LogP) is 2.86. The van der Waals surface area contributed by atoms with E-state index in [4.69, 9.17) is 4.74 Å². The van der Waals surface area contributed by atoms with Crippen molar-refractivity contribution in [2.45, 2.75) is 19.4 Å². The first-order valence-electron chi connectivity index (χ1n) is 7.06. The number of rotatable bonds is 2. The smallest absolute Gasteiger partial charge is 0.278 e. The third-order valence-corrected chi connectivity index (χ3v) is 3.65. The number of hydrogen-bond acceptors (Lipinski definition) is 3. The molecule has 1 atom stereocenters. The maximum atomic E-state index is 13.2. The zero-order valence-electron chi connectivity index (χ0n) is 12.6. The summed E-state index contributed by atoms with van der Waals surface area (Å²) in [5.74, 6) is -1.33. The fraction of sp³-hybridized carbons (Fsp3) is 0.176. The molecule has 2 N–H and O–H groups in total. The lowest BCUT2D eigenvalue weighted by molar-refractivity contribution is -0.143. The van der Waals surface area contributed by atoms with E-state index in [0.29, 0.717) is 11.4 Å². The number of anilines is 2. The lowest BCUT2D eigenvalue weighted by Gasteiger charge is -2.33. The zero-order chi connectivity index (χ0) is 16.6. The van der Waals surface area contributed by atoms with Crippen LogP contribution >= 0.6 is 0 Å². The second kappa shape index (κ2) is 5.39. The number of benzene rings is 2. The number of amides is 2. The molecule has 1 aliphatic heterocycles. The first kappa shape index (κ1) is 15.0. The van der Waals surface area contributed by atoms with E-state index in [0.717, 1.165) is 5.56 Å². The normalized spacial score (nSPS) is 19.3. The van der Waals surface area contributed by atoms with Crippen LogP contribution in [0.2, 0.25) is 0 Å². The fourth-order valence-electron chi connectivity index (χ4n) is 2.30. The Balaban J connectivity index is 1.87. The molecule has 0 radical (unpaired) electrons. The van der Waals surface area contributed by atoms with Gasteiger partial charge in [-0.1, -0.05) is 12.1 Å². The minimum Gasteiger partial charge on any atom is -0.466 e. The van der Waals surface area contributed by atoms with Gasteiger partial charge in [0.05, 0.1) is 5.69 Å². The van der Waals surface area contributed by atoms with Crippen LogP contribution in [0.25, 0.3) is 0 Å². The van der Waals surface area contributed by atoms with Gasteiger partial charge in [-0.05, 0) is 49.7 Å². The van der Waals surface area contributed by atoms with Gasteiger partial charge in [-0.25, -0.2) is 4.39 Å². The molecule has 6 heteroatoms. The maximum Gasteiger partial charge on any atom is 0.278 e. The molecule has 0 fully saturated rings. The molecule has 2 aromatic carbocycles. The molecule has 1 aliphatic rings. The Morgan fingerprint density at radius 1 is 1.26 bits per heavy atom. The van der Waals surface area contributed by atoms with Crippen molar-refractivity contribution < 1.29 is 18.7 Å². The summed E-state index contributed by atoms with van der Waals surface area (Å²) in [5.41, 5.74) is -0.0111. The van der Waals surface area contributed by atoms with Gasteiger partial charge in [0.15, 0.2) is 0 Å². The second-order valence-corrected chi connectivity index (χ2v) is 5.55. The van der Waals surface area contributed by atoms with Gasteiger partial charge in [-0.3, -0.25) is 9.59 Å². The molecule has 1 unspecified atom stereocenters. The van der Waals surface area contributed by atoms with Crippen LogP contribution in [-0.4, -0.2) is 17.4 Å². The third-order valence-electron chi connectivity index (χ3n) is 3.65. The van der Waals surface area contributed by atoms with Crippen molar-refractivity contribution in [3.8, 4) is 5.75 Å². The van der Waals surface area contributed by atoms with Crippen molar-refractivity contribution in [1.82, 2.24) is 0 Å². The number of ether oxygens (including phenoxy) is 1. The van der Waals surface area contributed by atoms with Crippen LogP contribution in [0.3, 0.4) is 0 Å². The molecule has 0 spiro atoms. The summed E-state index contributed by atoms with van der Waals surface area (Å²) in [7, 11) is 0. The van der Waals surface area contributed by atoms with Gasteiger partial charge in [-0.2, -0.15) is 0 Å². The number of fused-ring (bicyclic) bond motifs is 1. The van der Waals surface area contributed by atoms with Gasteiger partial charge < -0.3 is 15.4 Å². The number of hydrogen-bond donors (Lipinski definition) is 2. The van der Waals surface area contributed by atoms with E-state index < -0.39 is 23.2 Å². The minimum atomic E-state index is -1.74. The highest BCUT2D eigenvalue weighted by Gasteiger charge is 2.47. The third kappa shape index (κ3) is 2.75. The molecule has 23 heavy (non-hydrogen) atoms. The van der Waals surface area contributed by atoms with Crippen molar-refractivity contribution in [2.24, 2.45) is 0 Å². The van der Waals surface area contributed by atoms with Crippen LogP contribution in [-0.2, 0) is 9.59 Å². The Bertz CT molecular complexity index is 806. The Labute approximate surface area is 132 Å². The summed E-state index contributed by atoms with van der Waals surface area (Å²) >= 11 is 0. The van der Waals surface area contributed by atoms with Gasteiger partial charge in [0.2, 0.25) is 0 Å². The molecule has 3 rings (SSSR count). The first-order valence-corrected chi connectivity index (χ1v) is 7.06. The highest BCUT2D eigenvalue weighted by atomic mass is 19.1. The van der Waals surface area contributed by atoms with Gasteiger partial charge in [-0.15, -0.1) is 0 Å². The highest BCUT2D eigenvalue weighted by molar-refractivity contribution is 6.19. The van der Waals surface area contributed by atoms with Crippen LogP contribution in [0, 0.1) is 12.7 Å². The van der Waals surface area contributed by atoms with Crippen molar-refractivity contribution in [3.05, 3.63) is 53.8 Å². The van der Waals surface area contributed by atoms with E-state index in [1.54, 1.807) is 12.1 Å². The largest absolute Gasteiger partial charge is 0.466 e. The van der Waals surface area contributed by atoms with E-state index >= 15 is 0 Å². The van der Waals surface area contributed by atoms with Gasteiger partial charge in [0.1, 0.15) is 11.6 Å². The molecular formula is C17H15FN2O3. The Kier molecular flexibility index (Phi) is 3.52. The highest BCUT2D eigenvalue weighted by Crippen LogP contribution is 2.34. The topological polar surface area (TPSA) is 67.4 Å². The number of halogens is 1. The average molecular weight is 314 g/mol. The monoisotopic (exact) mass is 314 g/mol. The van der Waals surface area contributed by atoms with Crippen molar-refractivity contribution in [2.75, 3.05) is 10.6 Å². The van der Waals surface area contributed by atoms with Gasteiger partial charge >= 0.3 is 0 Å². The summed E-state index contributed by atoms with van der Waals surface area (Å²) in [4.78, 5) is 24.8. The lowest BCUT2D eigenvalue weighted by Crippen LogP contribution is -2.56. The quantitative estimate of drug-likeness (QED) is 0.838. The number of carbonyl (C=O) groups excluding carboxylic acids is 2. The predicted molar refractivity (Wildman–Crippen MR) is 83.9 cm³/mol. The number of carbonyl (C=O) groups is 2. The SMILES string of the molecule is Cc1ccc2c(c1)NC(=O)C(C)(C(=O)Nc1cccc(F)c1)O2. The molecule has 0 bridgehead atoms. The van der Waals surface area contributed by atoms with E-state index in [1.807, 2.05) is 13.0 Å². The Morgan fingerprint density at radius 3 is 2.78 bits per heavy atom. The van der Waals surface area contributed by atoms with Gasteiger partial charge in [0, 0.05) is 5.69 Å². The summed E-state index contributed by atoms with van der Waals surface area (Å²) in [6.07, 6.45) is 0. The van der Waals surface area contributed by atoms with Crippen LogP contribution in [0.15, 0.2) is 42.5 Å². The van der Waals surface area contributed by atoms with Crippen LogP contribution in [0.1, 0.15) is 12.5 Å². The molecule has 2 amide bonds. The molecular weight excluding hydrogens is 299 g/mol. The Hall–Kier alpha value is -2.89. The summed E-state index contributed by atoms with van der Waals surface area (Å²) in [5, 5.41) is 5.17. The average Bonchev–Trinajstić information content (AvgIpc) is 2.49. The maximum absolute atomic E-state index is 13.2. The van der Waals surface area contributed by atoms with Crippen LogP contribution in [0.5, 0.6) is 5.75 Å². The minimum absolute atomic E-state index is 0.252. The summed E-state index contributed by atoms with van der Waals surface area (Å²) in [6.45, 7) is 3.26. The molecule has 1 heterocycles. The second-order valence-electron chi connectivity index (χ2n) is 5.55. The van der Waals surface area contributed by atoms with Gasteiger partial charge in [0.25, 0.3) is 17.4 Å². The molecule has 118 valence electrons. The van der Waals surface area contributed by atoms with Crippen molar-refractivity contribution in [3.63, 3.8) is 0 Å². The standard InChI is InChI=1S/C17H15FN2O3/c1-10-6-7-14-13(8-10)20-16(22)17(2,23-14)15(21)19-12-5-3-4-11(18)9-12/h3-9H,1-2H3,(H,19,21)(H,20,22). The Morgan fingerprint density at radius 2 is 2.04 bits per heavy atom. The fourth-order valence-corrected chi connectivity index (χ4v) is 2.30. The van der Waals surface area contributed by atoms with Crippen molar-refractivity contribution in [1.29, 1.82) is 0 Å². The van der Waals surface area contributed by atoms with Crippen molar-refractivity contribution >= 4 is 23.2 Å². The van der Waals surface area contributed by atoms with Crippen LogP contribution < -0.4 is 15.4 Å². The first-order chi connectivity index (χ1) is 10.9. The molecule has 2 aromatic rings.